The Morgan fingerprint density at radius 3 is 2.50 bits per heavy atom. The smallest absolute Gasteiger partial charge is 0.408 e. The lowest BCUT2D eigenvalue weighted by atomic mass is 9.93. The minimum Gasteiger partial charge on any atom is -0.489 e. The summed E-state index contributed by atoms with van der Waals surface area (Å²) in [4.78, 5) is 23.8. The van der Waals surface area contributed by atoms with E-state index in [0.717, 1.165) is 36.0 Å². The third-order valence-corrected chi connectivity index (χ3v) is 6.76. The van der Waals surface area contributed by atoms with Crippen LogP contribution in [-0.2, 0) is 22.6 Å². The van der Waals surface area contributed by atoms with E-state index in [9.17, 15) is 14.7 Å². The first kappa shape index (κ1) is 29.1. The highest BCUT2D eigenvalue weighted by atomic mass is 19.1. The van der Waals surface area contributed by atoms with E-state index in [1.807, 2.05) is 31.2 Å². The largest absolute Gasteiger partial charge is 0.489 e. The van der Waals surface area contributed by atoms with E-state index < -0.39 is 23.7 Å². The third-order valence-electron chi connectivity index (χ3n) is 6.76. The Kier molecular flexibility index (Phi) is 9.13. The van der Waals surface area contributed by atoms with E-state index >= 15 is 4.39 Å². The van der Waals surface area contributed by atoms with Gasteiger partial charge in [-0.3, -0.25) is 4.79 Å². The molecule has 0 aromatic heterocycles. The summed E-state index contributed by atoms with van der Waals surface area (Å²) in [5, 5.41) is 12.1. The number of amides is 1. The molecule has 4 rings (SSSR count). The molecule has 0 saturated heterocycles. The second-order valence-electron chi connectivity index (χ2n) is 11.4. The molecule has 0 radical (unpaired) electrons. The van der Waals surface area contributed by atoms with Crippen LogP contribution in [0.25, 0.3) is 11.1 Å². The molecule has 1 fully saturated rings. The summed E-state index contributed by atoms with van der Waals surface area (Å²) in [5.74, 6) is -0.339. The molecular formula is C33H38FNO5. The van der Waals surface area contributed by atoms with Gasteiger partial charge in [-0.2, -0.15) is 0 Å². The van der Waals surface area contributed by atoms with Crippen molar-refractivity contribution in [2.45, 2.75) is 84.0 Å². The van der Waals surface area contributed by atoms with Crippen LogP contribution in [0.5, 0.6) is 5.75 Å². The Labute approximate surface area is 235 Å². The summed E-state index contributed by atoms with van der Waals surface area (Å²) >= 11 is 0. The van der Waals surface area contributed by atoms with Crippen molar-refractivity contribution in [2.75, 3.05) is 0 Å². The molecular weight excluding hydrogens is 509 g/mol. The van der Waals surface area contributed by atoms with Crippen LogP contribution in [0.15, 0.2) is 60.7 Å². The molecule has 0 heterocycles. The number of carboxylic acid groups (broad SMARTS) is 1. The minimum absolute atomic E-state index is 0.127. The van der Waals surface area contributed by atoms with Gasteiger partial charge in [0.05, 0.1) is 12.5 Å². The topological polar surface area (TPSA) is 84.9 Å². The second-order valence-corrected chi connectivity index (χ2v) is 11.4. The van der Waals surface area contributed by atoms with Crippen LogP contribution < -0.4 is 10.1 Å². The number of benzene rings is 3. The zero-order valence-corrected chi connectivity index (χ0v) is 23.6. The highest BCUT2D eigenvalue weighted by molar-refractivity contribution is 5.71. The summed E-state index contributed by atoms with van der Waals surface area (Å²) in [6.45, 7) is 7.60. The fraction of sp³-hybridized carbons (Fsp3) is 0.394. The maximum atomic E-state index is 16.1. The van der Waals surface area contributed by atoms with Gasteiger partial charge < -0.3 is 19.9 Å². The Balaban J connectivity index is 1.63. The molecule has 1 saturated carbocycles. The van der Waals surface area contributed by atoms with Crippen molar-refractivity contribution < 1.29 is 28.6 Å². The van der Waals surface area contributed by atoms with E-state index in [1.54, 1.807) is 51.1 Å². The van der Waals surface area contributed by atoms with Crippen molar-refractivity contribution in [3.8, 4) is 16.9 Å². The number of nitrogens with one attached hydrogen (secondary N) is 1. The zero-order valence-electron chi connectivity index (χ0n) is 23.6. The molecule has 0 spiro atoms. The molecule has 1 amide bonds. The van der Waals surface area contributed by atoms with Crippen LogP contribution in [0.1, 0.15) is 87.6 Å². The van der Waals surface area contributed by atoms with E-state index in [4.69, 9.17) is 9.47 Å². The standard InChI is InChI=1S/C33H38FNO5/c1-5-9-28(35-32(38)40-33(2,3)4)27-12-8-11-26(31(27)34)25-17-21(16-24(18-25)22-14-15-22)20-39-29-13-7-6-10-23(29)19-30(36)37/h6-8,10-13,16-18,22,28H,5,9,14-15,19-20H2,1-4H3,(H,35,38)(H,36,37). The summed E-state index contributed by atoms with van der Waals surface area (Å²) < 4.78 is 27.6. The van der Waals surface area contributed by atoms with Gasteiger partial charge in [0.25, 0.3) is 0 Å². The van der Waals surface area contributed by atoms with Crippen LogP contribution in [-0.4, -0.2) is 22.8 Å². The number of alkyl carbamates (subject to hydrolysis) is 1. The SMILES string of the molecule is CCCC(NC(=O)OC(C)(C)C)c1cccc(-c2cc(COc3ccccc3CC(=O)O)cc(C3CC3)c2)c1F. The third kappa shape index (κ3) is 7.84. The highest BCUT2D eigenvalue weighted by Crippen LogP contribution is 2.42. The lowest BCUT2D eigenvalue weighted by Gasteiger charge is -2.24. The number of carboxylic acids is 1. The van der Waals surface area contributed by atoms with E-state index in [1.165, 1.54) is 0 Å². The molecule has 1 unspecified atom stereocenters. The second kappa shape index (κ2) is 12.5. The predicted molar refractivity (Wildman–Crippen MR) is 153 cm³/mol. The minimum atomic E-state index is -0.924. The molecule has 0 bridgehead atoms. The molecule has 7 heteroatoms. The van der Waals surface area contributed by atoms with Crippen molar-refractivity contribution in [1.82, 2.24) is 5.32 Å². The summed E-state index contributed by atoms with van der Waals surface area (Å²) in [5.41, 5.74) is 3.59. The first-order chi connectivity index (χ1) is 19.0. The predicted octanol–water partition coefficient (Wildman–Crippen LogP) is 7.94. The summed E-state index contributed by atoms with van der Waals surface area (Å²) in [6.07, 6.45) is 2.80. The van der Waals surface area contributed by atoms with Gasteiger partial charge in [0.1, 0.15) is 23.8 Å². The van der Waals surface area contributed by atoms with E-state index in [2.05, 4.69) is 11.4 Å². The lowest BCUT2D eigenvalue weighted by Crippen LogP contribution is -2.35. The summed E-state index contributed by atoms with van der Waals surface area (Å²) in [7, 11) is 0. The van der Waals surface area contributed by atoms with Crippen molar-refractivity contribution in [1.29, 1.82) is 0 Å². The number of carbonyl (C=O) groups excluding carboxylic acids is 1. The number of para-hydroxylation sites is 1. The van der Waals surface area contributed by atoms with Crippen molar-refractivity contribution in [3.63, 3.8) is 0 Å². The molecule has 1 aliphatic carbocycles. The Morgan fingerprint density at radius 2 is 1.82 bits per heavy atom. The van der Waals surface area contributed by atoms with Gasteiger partial charge in [-0.1, -0.05) is 61.9 Å². The highest BCUT2D eigenvalue weighted by Gasteiger charge is 2.26. The number of ether oxygens (including phenoxy) is 2. The zero-order chi connectivity index (χ0) is 28.9. The van der Waals surface area contributed by atoms with Crippen molar-refractivity contribution in [2.24, 2.45) is 0 Å². The number of aliphatic carboxylic acids is 1. The monoisotopic (exact) mass is 547 g/mol. The Bertz CT molecular complexity index is 1360. The molecule has 2 N–H and O–H groups in total. The van der Waals surface area contributed by atoms with Crippen molar-refractivity contribution >= 4 is 12.1 Å². The van der Waals surface area contributed by atoms with Gasteiger partial charge in [0.2, 0.25) is 0 Å². The first-order valence-corrected chi connectivity index (χ1v) is 13.9. The molecule has 1 atom stereocenters. The van der Waals surface area contributed by atoms with Gasteiger partial charge in [-0.15, -0.1) is 0 Å². The fourth-order valence-electron chi connectivity index (χ4n) is 4.81. The average molecular weight is 548 g/mol. The van der Waals surface area contributed by atoms with Crippen LogP contribution in [0.3, 0.4) is 0 Å². The van der Waals surface area contributed by atoms with Gasteiger partial charge in [-0.05, 0) is 74.8 Å². The maximum absolute atomic E-state index is 16.1. The molecule has 212 valence electrons. The number of carbonyl (C=O) groups is 2. The summed E-state index contributed by atoms with van der Waals surface area (Å²) in [6, 6.07) is 17.9. The average Bonchev–Trinajstić information content (AvgIpc) is 3.72. The number of rotatable bonds is 11. The molecule has 0 aliphatic heterocycles. The number of halogens is 1. The van der Waals surface area contributed by atoms with Crippen LogP contribution >= 0.6 is 0 Å². The van der Waals surface area contributed by atoms with Crippen molar-refractivity contribution in [3.05, 3.63) is 88.7 Å². The fourth-order valence-corrected chi connectivity index (χ4v) is 4.81. The Hall–Kier alpha value is -3.87. The first-order valence-electron chi connectivity index (χ1n) is 13.9. The number of hydrogen-bond acceptors (Lipinski definition) is 4. The normalized spacial score (nSPS) is 13.9. The van der Waals surface area contributed by atoms with Gasteiger partial charge in [-0.25, -0.2) is 9.18 Å². The van der Waals surface area contributed by atoms with E-state index in [-0.39, 0.29) is 18.8 Å². The Morgan fingerprint density at radius 1 is 1.07 bits per heavy atom. The molecule has 6 nitrogen and oxygen atoms in total. The van der Waals surface area contributed by atoms with Crippen LogP contribution in [0.4, 0.5) is 9.18 Å². The number of hydrogen-bond donors (Lipinski definition) is 2. The van der Waals surface area contributed by atoms with Gasteiger partial charge in [0, 0.05) is 16.7 Å². The molecule has 3 aromatic rings. The van der Waals surface area contributed by atoms with Crippen LogP contribution in [0.2, 0.25) is 0 Å². The van der Waals surface area contributed by atoms with Gasteiger partial charge >= 0.3 is 12.1 Å². The lowest BCUT2D eigenvalue weighted by molar-refractivity contribution is -0.136. The van der Waals surface area contributed by atoms with Gasteiger partial charge in [0.15, 0.2) is 0 Å². The maximum Gasteiger partial charge on any atom is 0.408 e. The molecule has 1 aliphatic rings. The molecule has 40 heavy (non-hydrogen) atoms. The quantitative estimate of drug-likeness (QED) is 0.255. The molecule has 3 aromatic carbocycles. The van der Waals surface area contributed by atoms with Crippen LogP contribution in [0, 0.1) is 5.82 Å². The van der Waals surface area contributed by atoms with E-state index in [0.29, 0.717) is 34.8 Å².